The van der Waals surface area contributed by atoms with Crippen molar-refractivity contribution in [2.24, 2.45) is 0 Å². The molecule has 3 nitrogen and oxygen atoms in total. The molecule has 4 heteroatoms. The summed E-state index contributed by atoms with van der Waals surface area (Å²) in [5.74, 6) is 0. The maximum atomic E-state index is 12.8. The first kappa shape index (κ1) is 13.9. The van der Waals surface area contributed by atoms with E-state index >= 15 is 0 Å². The lowest BCUT2D eigenvalue weighted by Gasteiger charge is -2.33. The molecule has 3 rings (SSSR count). The summed E-state index contributed by atoms with van der Waals surface area (Å²) < 4.78 is 27.3. The van der Waals surface area contributed by atoms with Crippen molar-refractivity contribution in [2.45, 2.75) is 57.1 Å². The molecular weight excluding hydrogens is 270 g/mol. The third-order valence-corrected chi connectivity index (χ3v) is 6.84. The lowest BCUT2D eigenvalue weighted by Crippen LogP contribution is -2.41. The van der Waals surface area contributed by atoms with Crippen molar-refractivity contribution < 1.29 is 8.42 Å². The van der Waals surface area contributed by atoms with E-state index in [2.05, 4.69) is 39.0 Å². The smallest absolute Gasteiger partial charge is 0.238 e. The topological polar surface area (TPSA) is 37.4 Å². The molecule has 1 aromatic carbocycles. The van der Waals surface area contributed by atoms with E-state index in [1.54, 1.807) is 4.31 Å². The van der Waals surface area contributed by atoms with Crippen molar-refractivity contribution in [3.63, 3.8) is 0 Å². The van der Waals surface area contributed by atoms with Crippen LogP contribution in [0.2, 0.25) is 0 Å². The highest BCUT2D eigenvalue weighted by Gasteiger charge is 2.40. The molecule has 1 aromatic rings. The molecule has 2 aliphatic rings. The average molecular weight is 293 g/mol. The fourth-order valence-corrected chi connectivity index (χ4v) is 5.23. The molecule has 1 saturated carbocycles. The summed E-state index contributed by atoms with van der Waals surface area (Å²) in [5.41, 5.74) is 3.26. The van der Waals surface area contributed by atoms with E-state index in [0.29, 0.717) is 6.54 Å². The molecule has 20 heavy (non-hydrogen) atoms. The van der Waals surface area contributed by atoms with Crippen molar-refractivity contribution in [3.8, 4) is 0 Å². The van der Waals surface area contributed by atoms with Crippen LogP contribution in [0.1, 0.15) is 51.2 Å². The van der Waals surface area contributed by atoms with Gasteiger partial charge in [0.25, 0.3) is 0 Å². The van der Waals surface area contributed by atoms with Crippen LogP contribution in [0.3, 0.4) is 0 Å². The number of sulfonamides is 1. The maximum Gasteiger partial charge on any atom is 0.238 e. The summed E-state index contributed by atoms with van der Waals surface area (Å²) in [4.78, 5) is 0. The largest absolute Gasteiger partial charge is 0.269 e. The Hall–Kier alpha value is -1.03. The number of anilines is 1. The summed E-state index contributed by atoms with van der Waals surface area (Å²) in [5, 5.41) is -0.151. The van der Waals surface area contributed by atoms with Crippen LogP contribution in [0.4, 0.5) is 5.69 Å². The molecule has 0 atom stereocenters. The van der Waals surface area contributed by atoms with Crippen LogP contribution in [0.25, 0.3) is 0 Å². The van der Waals surface area contributed by atoms with Crippen molar-refractivity contribution in [3.05, 3.63) is 29.3 Å². The van der Waals surface area contributed by atoms with Gasteiger partial charge in [0, 0.05) is 6.54 Å². The molecule has 0 saturated heterocycles. The number of rotatable bonds is 2. The third kappa shape index (κ3) is 2.05. The SMILES string of the molecule is CC(C)(C)c1cccc2c1N(S(=O)(=O)C1CCC1)CC2. The van der Waals surface area contributed by atoms with Crippen LogP contribution in [0.5, 0.6) is 0 Å². The van der Waals surface area contributed by atoms with Gasteiger partial charge in [-0.05, 0) is 35.8 Å². The lowest BCUT2D eigenvalue weighted by molar-refractivity contribution is 0.474. The maximum absolute atomic E-state index is 12.8. The Morgan fingerprint density at radius 1 is 1.20 bits per heavy atom. The molecule has 1 fully saturated rings. The molecule has 1 aliphatic heterocycles. The van der Waals surface area contributed by atoms with Crippen molar-refractivity contribution in [1.29, 1.82) is 0 Å². The van der Waals surface area contributed by atoms with Gasteiger partial charge in [0.05, 0.1) is 10.9 Å². The lowest BCUT2D eigenvalue weighted by atomic mass is 9.85. The second kappa shape index (κ2) is 4.48. The van der Waals surface area contributed by atoms with Gasteiger partial charge in [-0.3, -0.25) is 4.31 Å². The van der Waals surface area contributed by atoms with Gasteiger partial charge in [0.1, 0.15) is 0 Å². The summed E-state index contributed by atoms with van der Waals surface area (Å²) >= 11 is 0. The number of fused-ring (bicyclic) bond motifs is 1. The number of para-hydroxylation sites is 1. The highest BCUT2D eigenvalue weighted by atomic mass is 32.2. The molecule has 0 N–H and O–H groups in total. The van der Waals surface area contributed by atoms with Crippen molar-refractivity contribution >= 4 is 15.7 Å². The fourth-order valence-electron chi connectivity index (χ4n) is 3.13. The van der Waals surface area contributed by atoms with Gasteiger partial charge in [-0.2, -0.15) is 0 Å². The first-order valence-corrected chi connectivity index (χ1v) is 8.96. The fraction of sp³-hybridized carbons (Fsp3) is 0.625. The minimum Gasteiger partial charge on any atom is -0.269 e. The molecule has 110 valence electrons. The monoisotopic (exact) mass is 293 g/mol. The van der Waals surface area contributed by atoms with Crippen molar-refractivity contribution in [2.75, 3.05) is 10.8 Å². The number of nitrogens with zero attached hydrogens (tertiary/aromatic N) is 1. The molecule has 0 bridgehead atoms. The Kier molecular flexibility index (Phi) is 3.12. The molecule has 1 aliphatic carbocycles. The molecule has 0 amide bonds. The Balaban J connectivity index is 2.09. The Morgan fingerprint density at radius 3 is 2.45 bits per heavy atom. The number of hydrogen-bond donors (Lipinski definition) is 0. The van der Waals surface area contributed by atoms with Crippen molar-refractivity contribution in [1.82, 2.24) is 0 Å². The van der Waals surface area contributed by atoms with Gasteiger partial charge in [0.15, 0.2) is 0 Å². The minimum absolute atomic E-state index is 0.0386. The number of benzene rings is 1. The standard InChI is InChI=1S/C16H23NO2S/c1-16(2,3)14-9-4-6-12-10-11-17(15(12)14)20(18,19)13-7-5-8-13/h4,6,9,13H,5,7-8,10-11H2,1-3H3. The van der Waals surface area contributed by atoms with Crippen LogP contribution in [-0.2, 0) is 21.9 Å². The first-order chi connectivity index (χ1) is 9.32. The van der Waals surface area contributed by atoms with Crippen LogP contribution >= 0.6 is 0 Å². The van der Waals surface area contributed by atoms with Crippen LogP contribution in [0.15, 0.2) is 18.2 Å². The molecular formula is C16H23NO2S. The summed E-state index contributed by atoms with van der Waals surface area (Å²) in [6, 6.07) is 6.20. The van der Waals surface area contributed by atoms with E-state index in [-0.39, 0.29) is 10.7 Å². The zero-order valence-corrected chi connectivity index (χ0v) is 13.3. The van der Waals surface area contributed by atoms with E-state index in [0.717, 1.165) is 36.9 Å². The van der Waals surface area contributed by atoms with Gasteiger partial charge >= 0.3 is 0 Å². The second-order valence-electron chi connectivity index (χ2n) is 6.98. The summed E-state index contributed by atoms with van der Waals surface area (Å²) in [6.07, 6.45) is 3.54. The predicted molar refractivity (Wildman–Crippen MR) is 82.8 cm³/mol. The number of hydrogen-bond acceptors (Lipinski definition) is 2. The predicted octanol–water partition coefficient (Wildman–Crippen LogP) is 3.23. The summed E-state index contributed by atoms with van der Waals surface area (Å²) in [7, 11) is -3.16. The van der Waals surface area contributed by atoms with Gasteiger partial charge in [0.2, 0.25) is 10.0 Å². The second-order valence-corrected chi connectivity index (χ2v) is 9.12. The van der Waals surface area contributed by atoms with E-state index < -0.39 is 10.0 Å². The van der Waals surface area contributed by atoms with Gasteiger partial charge in [-0.15, -0.1) is 0 Å². The van der Waals surface area contributed by atoms with Crippen LogP contribution < -0.4 is 4.31 Å². The average Bonchev–Trinajstić information content (AvgIpc) is 2.67. The van der Waals surface area contributed by atoms with Crippen LogP contribution in [-0.4, -0.2) is 20.2 Å². The highest BCUT2D eigenvalue weighted by molar-refractivity contribution is 7.93. The van der Waals surface area contributed by atoms with E-state index in [1.165, 1.54) is 5.56 Å². The Labute approximate surface area is 122 Å². The van der Waals surface area contributed by atoms with Gasteiger partial charge < -0.3 is 0 Å². The Morgan fingerprint density at radius 2 is 1.90 bits per heavy atom. The minimum atomic E-state index is -3.16. The zero-order valence-electron chi connectivity index (χ0n) is 12.5. The highest BCUT2D eigenvalue weighted by Crippen LogP contribution is 2.42. The van der Waals surface area contributed by atoms with E-state index in [1.807, 2.05) is 0 Å². The third-order valence-electron chi connectivity index (χ3n) is 4.54. The summed E-state index contributed by atoms with van der Waals surface area (Å²) in [6.45, 7) is 7.06. The molecule has 0 unspecified atom stereocenters. The first-order valence-electron chi connectivity index (χ1n) is 7.46. The van der Waals surface area contributed by atoms with Gasteiger partial charge in [-0.1, -0.05) is 45.4 Å². The van der Waals surface area contributed by atoms with Crippen LogP contribution in [0, 0.1) is 0 Å². The molecule has 0 aromatic heterocycles. The normalized spacial score (nSPS) is 19.9. The van der Waals surface area contributed by atoms with E-state index in [9.17, 15) is 8.42 Å². The van der Waals surface area contributed by atoms with E-state index in [4.69, 9.17) is 0 Å². The molecule has 0 radical (unpaired) electrons. The quantitative estimate of drug-likeness (QED) is 0.839. The zero-order chi connectivity index (χ0) is 14.5. The van der Waals surface area contributed by atoms with Gasteiger partial charge in [-0.25, -0.2) is 8.42 Å². The Bertz CT molecular complexity index is 624. The molecule has 0 spiro atoms. The molecule has 1 heterocycles.